The van der Waals surface area contributed by atoms with Gasteiger partial charge in [-0.1, -0.05) is 49.7 Å². The summed E-state index contributed by atoms with van der Waals surface area (Å²) in [5.74, 6) is 0.723. The largest absolute Gasteiger partial charge is 0.465 e. The van der Waals surface area contributed by atoms with E-state index in [1.165, 1.54) is 7.11 Å². The predicted molar refractivity (Wildman–Crippen MR) is 101 cm³/mol. The van der Waals surface area contributed by atoms with Gasteiger partial charge in [-0.15, -0.1) is 0 Å². The van der Waals surface area contributed by atoms with Crippen LogP contribution in [0.25, 0.3) is 0 Å². The van der Waals surface area contributed by atoms with Gasteiger partial charge in [-0.3, -0.25) is 4.79 Å². The number of unbranched alkanes of at least 4 members (excludes halogenated alkanes) is 1. The standard InChI is InChI=1S/C21H25NO4/c1-4-5-14-25-20(23)15-17-11-7-8-12-18(17)21(22-24-3)26-19-13-9-6-10-16(19)2/h6-13H,4-5,14-15H2,1-3H3/b22-21+. The Kier molecular flexibility index (Phi) is 7.68. The minimum absolute atomic E-state index is 0.153. The van der Waals surface area contributed by atoms with Crippen LogP contribution in [0.4, 0.5) is 0 Å². The zero-order chi connectivity index (χ0) is 18.8. The van der Waals surface area contributed by atoms with Crippen molar-refractivity contribution in [2.45, 2.75) is 33.1 Å². The van der Waals surface area contributed by atoms with Crippen molar-refractivity contribution in [3.63, 3.8) is 0 Å². The molecule has 0 saturated heterocycles. The maximum Gasteiger partial charge on any atom is 0.310 e. The smallest absolute Gasteiger partial charge is 0.310 e. The van der Waals surface area contributed by atoms with Gasteiger partial charge in [0.25, 0.3) is 5.90 Å². The normalized spacial score (nSPS) is 11.1. The number of hydrogen-bond acceptors (Lipinski definition) is 5. The van der Waals surface area contributed by atoms with Crippen LogP contribution in [0.5, 0.6) is 5.75 Å². The van der Waals surface area contributed by atoms with E-state index in [1.807, 2.05) is 55.5 Å². The molecular formula is C21H25NO4. The summed E-state index contributed by atoms with van der Waals surface area (Å²) in [4.78, 5) is 17.1. The van der Waals surface area contributed by atoms with E-state index in [9.17, 15) is 4.79 Å². The van der Waals surface area contributed by atoms with E-state index in [0.29, 0.717) is 23.8 Å². The number of hydrogen-bond donors (Lipinski definition) is 0. The van der Waals surface area contributed by atoms with Crippen molar-refractivity contribution in [1.29, 1.82) is 0 Å². The number of carbonyl (C=O) groups excluding carboxylic acids is 1. The Morgan fingerprint density at radius 3 is 2.54 bits per heavy atom. The summed E-state index contributed by atoms with van der Waals surface area (Å²) < 4.78 is 11.2. The molecule has 5 heteroatoms. The first-order valence-electron chi connectivity index (χ1n) is 8.74. The fourth-order valence-electron chi connectivity index (χ4n) is 2.40. The maximum atomic E-state index is 12.1. The third-order valence-corrected chi connectivity index (χ3v) is 3.82. The molecule has 0 bridgehead atoms. The van der Waals surface area contributed by atoms with E-state index in [1.54, 1.807) is 0 Å². The topological polar surface area (TPSA) is 57.1 Å². The van der Waals surface area contributed by atoms with Gasteiger partial charge in [0.2, 0.25) is 0 Å². The van der Waals surface area contributed by atoms with Crippen molar-refractivity contribution in [2.75, 3.05) is 13.7 Å². The van der Waals surface area contributed by atoms with Crippen LogP contribution in [0, 0.1) is 6.92 Å². The second-order valence-corrected chi connectivity index (χ2v) is 5.85. The highest BCUT2D eigenvalue weighted by Crippen LogP contribution is 2.20. The number of benzene rings is 2. The van der Waals surface area contributed by atoms with Crippen LogP contribution in [0.15, 0.2) is 53.7 Å². The van der Waals surface area contributed by atoms with Crippen LogP contribution >= 0.6 is 0 Å². The highest BCUT2D eigenvalue weighted by Gasteiger charge is 2.16. The quantitative estimate of drug-likeness (QED) is 0.233. The second kappa shape index (κ2) is 10.2. The lowest BCUT2D eigenvalue weighted by atomic mass is 10.0. The van der Waals surface area contributed by atoms with E-state index in [2.05, 4.69) is 12.1 Å². The summed E-state index contributed by atoms with van der Waals surface area (Å²) in [5.41, 5.74) is 2.45. The molecule has 0 aliphatic heterocycles. The second-order valence-electron chi connectivity index (χ2n) is 5.85. The number of aryl methyl sites for hydroxylation is 1. The molecule has 0 amide bonds. The Morgan fingerprint density at radius 2 is 1.81 bits per heavy atom. The third kappa shape index (κ3) is 5.62. The highest BCUT2D eigenvalue weighted by molar-refractivity contribution is 5.97. The van der Waals surface area contributed by atoms with Crippen LogP contribution in [-0.2, 0) is 20.8 Å². The lowest BCUT2D eigenvalue weighted by molar-refractivity contribution is -0.142. The number of oxime groups is 1. The van der Waals surface area contributed by atoms with Crippen molar-refractivity contribution in [1.82, 2.24) is 0 Å². The fraction of sp³-hybridized carbons (Fsp3) is 0.333. The van der Waals surface area contributed by atoms with Crippen molar-refractivity contribution in [2.24, 2.45) is 5.16 Å². The molecule has 0 heterocycles. The summed E-state index contributed by atoms with van der Waals surface area (Å²) >= 11 is 0. The van der Waals surface area contributed by atoms with Gasteiger partial charge in [-0.2, -0.15) is 0 Å². The van der Waals surface area contributed by atoms with Gasteiger partial charge in [0.05, 0.1) is 13.0 Å². The third-order valence-electron chi connectivity index (χ3n) is 3.82. The van der Waals surface area contributed by atoms with Gasteiger partial charge in [0, 0.05) is 5.56 Å². The highest BCUT2D eigenvalue weighted by atomic mass is 16.6. The van der Waals surface area contributed by atoms with Crippen LogP contribution in [0.3, 0.4) is 0 Å². The number of ether oxygens (including phenoxy) is 2. The average Bonchev–Trinajstić information content (AvgIpc) is 2.64. The molecule has 0 aliphatic rings. The SMILES string of the molecule is CCCCOC(=O)Cc1ccccc1/C(=N\OC)Oc1ccccc1C. The van der Waals surface area contributed by atoms with Crippen LogP contribution in [0.2, 0.25) is 0 Å². The molecule has 0 aliphatic carbocycles. The van der Waals surface area contributed by atoms with Crippen LogP contribution < -0.4 is 4.74 Å². The molecule has 0 aromatic heterocycles. The van der Waals surface area contributed by atoms with E-state index < -0.39 is 0 Å². The molecule has 0 spiro atoms. The average molecular weight is 355 g/mol. The molecule has 138 valence electrons. The molecule has 2 aromatic carbocycles. The summed E-state index contributed by atoms with van der Waals surface area (Å²) in [6.45, 7) is 4.45. The zero-order valence-electron chi connectivity index (χ0n) is 15.5. The first kappa shape index (κ1) is 19.5. The molecular weight excluding hydrogens is 330 g/mol. The lowest BCUT2D eigenvalue weighted by Crippen LogP contribution is -2.17. The van der Waals surface area contributed by atoms with Crippen LogP contribution in [0.1, 0.15) is 36.5 Å². The zero-order valence-corrected chi connectivity index (χ0v) is 15.5. The first-order chi connectivity index (χ1) is 12.7. The Morgan fingerprint density at radius 1 is 1.08 bits per heavy atom. The number of esters is 1. The van der Waals surface area contributed by atoms with E-state index in [-0.39, 0.29) is 12.4 Å². The van der Waals surface area contributed by atoms with Gasteiger partial charge in [-0.05, 0) is 41.8 Å². The molecule has 2 rings (SSSR count). The first-order valence-corrected chi connectivity index (χ1v) is 8.74. The molecule has 0 saturated carbocycles. The Balaban J connectivity index is 2.22. The van der Waals surface area contributed by atoms with Crippen molar-refractivity contribution in [3.8, 4) is 5.75 Å². The van der Waals surface area contributed by atoms with Gasteiger partial charge >= 0.3 is 5.97 Å². The molecule has 26 heavy (non-hydrogen) atoms. The Bertz CT molecular complexity index is 755. The number of rotatable bonds is 8. The fourth-order valence-corrected chi connectivity index (χ4v) is 2.40. The summed E-state index contributed by atoms with van der Waals surface area (Å²) in [5, 5.41) is 4.02. The summed E-state index contributed by atoms with van der Waals surface area (Å²) in [7, 11) is 1.46. The van der Waals surface area contributed by atoms with Crippen molar-refractivity contribution in [3.05, 3.63) is 65.2 Å². The molecule has 0 atom stereocenters. The van der Waals surface area contributed by atoms with E-state index in [0.717, 1.165) is 24.0 Å². The van der Waals surface area contributed by atoms with Crippen molar-refractivity contribution >= 4 is 11.9 Å². The number of nitrogens with zero attached hydrogens (tertiary/aromatic N) is 1. The molecule has 0 radical (unpaired) electrons. The Labute approximate surface area is 154 Å². The number of para-hydroxylation sites is 1. The summed E-state index contributed by atoms with van der Waals surface area (Å²) in [6, 6.07) is 15.1. The summed E-state index contributed by atoms with van der Waals surface area (Å²) in [6.07, 6.45) is 2.00. The monoisotopic (exact) mass is 355 g/mol. The minimum Gasteiger partial charge on any atom is -0.465 e. The van der Waals surface area contributed by atoms with Crippen molar-refractivity contribution < 1.29 is 19.1 Å². The van der Waals surface area contributed by atoms with Gasteiger partial charge in [0.15, 0.2) is 0 Å². The van der Waals surface area contributed by atoms with Gasteiger partial charge in [0.1, 0.15) is 12.9 Å². The Hall–Kier alpha value is -2.82. The van der Waals surface area contributed by atoms with E-state index in [4.69, 9.17) is 14.3 Å². The minimum atomic E-state index is -0.265. The molecule has 0 unspecified atom stereocenters. The molecule has 2 aromatic rings. The predicted octanol–water partition coefficient (Wildman–Crippen LogP) is 4.27. The van der Waals surface area contributed by atoms with Crippen LogP contribution in [-0.4, -0.2) is 25.6 Å². The lowest BCUT2D eigenvalue weighted by Gasteiger charge is -2.13. The van der Waals surface area contributed by atoms with E-state index >= 15 is 0 Å². The molecule has 0 fully saturated rings. The molecule has 5 nitrogen and oxygen atoms in total. The van der Waals surface area contributed by atoms with Gasteiger partial charge < -0.3 is 14.3 Å². The van der Waals surface area contributed by atoms with Gasteiger partial charge in [-0.25, -0.2) is 0 Å². The maximum absolute atomic E-state index is 12.1. The number of carbonyl (C=O) groups is 1. The molecule has 0 N–H and O–H groups in total.